The van der Waals surface area contributed by atoms with E-state index >= 15 is 0 Å². The summed E-state index contributed by atoms with van der Waals surface area (Å²) in [6.07, 6.45) is 1.74. The van der Waals surface area contributed by atoms with Crippen LogP contribution in [0.5, 0.6) is 0 Å². The maximum atomic E-state index is 10.7. The van der Waals surface area contributed by atoms with Crippen LogP contribution in [0.2, 0.25) is 0 Å². The average Bonchev–Trinajstić information content (AvgIpc) is 1.97. The van der Waals surface area contributed by atoms with Crippen molar-refractivity contribution in [1.29, 1.82) is 0 Å². The summed E-state index contributed by atoms with van der Waals surface area (Å²) in [4.78, 5) is 10.7. The summed E-state index contributed by atoms with van der Waals surface area (Å²) < 4.78 is 5.20. The van der Waals surface area contributed by atoms with Crippen LogP contribution in [-0.4, -0.2) is 19.1 Å². The molecule has 0 aliphatic heterocycles. The summed E-state index contributed by atoms with van der Waals surface area (Å²) in [6, 6.07) is 0. The summed E-state index contributed by atoms with van der Waals surface area (Å²) in [5.74, 6) is -0.370. The molecule has 3 nitrogen and oxygen atoms in total. The van der Waals surface area contributed by atoms with Gasteiger partial charge in [0.2, 0.25) is 5.91 Å². The van der Waals surface area contributed by atoms with Gasteiger partial charge in [0.25, 0.3) is 0 Å². The molecule has 0 aliphatic rings. The maximum absolute atomic E-state index is 10.7. The standard InChI is InChI=1S/C8H17NO2/c1-3-5-11-6-7(4-2)8(9)10/h7H,3-6H2,1-2H3,(H2,9,10)/t7-/m0/s1. The van der Waals surface area contributed by atoms with Crippen LogP contribution < -0.4 is 5.73 Å². The first-order valence-corrected chi connectivity index (χ1v) is 4.09. The molecule has 0 saturated heterocycles. The number of hydrogen-bond donors (Lipinski definition) is 1. The molecule has 1 amide bonds. The van der Waals surface area contributed by atoms with Gasteiger partial charge in [-0.1, -0.05) is 13.8 Å². The Morgan fingerprint density at radius 1 is 1.55 bits per heavy atom. The summed E-state index contributed by atoms with van der Waals surface area (Å²) in [5, 5.41) is 0. The van der Waals surface area contributed by atoms with Gasteiger partial charge < -0.3 is 10.5 Å². The van der Waals surface area contributed by atoms with E-state index < -0.39 is 0 Å². The zero-order chi connectivity index (χ0) is 8.69. The predicted molar refractivity (Wildman–Crippen MR) is 44.1 cm³/mol. The number of nitrogens with two attached hydrogens (primary N) is 1. The molecule has 0 aliphatic carbocycles. The molecule has 11 heavy (non-hydrogen) atoms. The minimum atomic E-state index is -0.261. The second-order valence-electron chi connectivity index (χ2n) is 2.58. The van der Waals surface area contributed by atoms with Crippen molar-refractivity contribution in [3.8, 4) is 0 Å². The van der Waals surface area contributed by atoms with Crippen LogP contribution >= 0.6 is 0 Å². The Labute approximate surface area is 67.9 Å². The fourth-order valence-electron chi connectivity index (χ4n) is 0.771. The Morgan fingerprint density at radius 2 is 2.18 bits per heavy atom. The van der Waals surface area contributed by atoms with Crippen molar-refractivity contribution >= 4 is 5.91 Å². The van der Waals surface area contributed by atoms with Crippen LogP contribution in [0.25, 0.3) is 0 Å². The number of amides is 1. The zero-order valence-corrected chi connectivity index (χ0v) is 7.30. The second-order valence-corrected chi connectivity index (χ2v) is 2.58. The molecule has 66 valence electrons. The molecule has 0 aromatic carbocycles. The molecular weight excluding hydrogens is 142 g/mol. The monoisotopic (exact) mass is 159 g/mol. The van der Waals surface area contributed by atoms with Gasteiger partial charge in [0.05, 0.1) is 12.5 Å². The van der Waals surface area contributed by atoms with Gasteiger partial charge in [-0.25, -0.2) is 0 Å². The highest BCUT2D eigenvalue weighted by atomic mass is 16.5. The topological polar surface area (TPSA) is 52.3 Å². The number of primary amides is 1. The summed E-state index contributed by atoms with van der Waals surface area (Å²) in [6.45, 7) is 5.15. The van der Waals surface area contributed by atoms with Gasteiger partial charge in [0, 0.05) is 6.61 Å². The molecule has 3 heteroatoms. The smallest absolute Gasteiger partial charge is 0.222 e. The highest BCUT2D eigenvalue weighted by Crippen LogP contribution is 2.01. The van der Waals surface area contributed by atoms with Crippen LogP contribution in [-0.2, 0) is 9.53 Å². The minimum Gasteiger partial charge on any atom is -0.381 e. The molecule has 0 aromatic rings. The second kappa shape index (κ2) is 6.16. The molecule has 0 heterocycles. The van der Waals surface area contributed by atoms with E-state index in [4.69, 9.17) is 10.5 Å². The molecule has 0 fully saturated rings. The van der Waals surface area contributed by atoms with E-state index in [2.05, 4.69) is 0 Å². The molecule has 2 N–H and O–H groups in total. The van der Waals surface area contributed by atoms with Gasteiger partial charge in [-0.05, 0) is 12.8 Å². The molecular formula is C8H17NO2. The summed E-state index contributed by atoms with van der Waals surface area (Å²) >= 11 is 0. The quantitative estimate of drug-likeness (QED) is 0.586. The van der Waals surface area contributed by atoms with Crippen molar-refractivity contribution in [3.63, 3.8) is 0 Å². The van der Waals surface area contributed by atoms with Gasteiger partial charge in [0.1, 0.15) is 0 Å². The van der Waals surface area contributed by atoms with Crippen molar-refractivity contribution in [2.24, 2.45) is 11.7 Å². The van der Waals surface area contributed by atoms with Gasteiger partial charge in [-0.3, -0.25) is 4.79 Å². The molecule has 0 spiro atoms. The van der Waals surface area contributed by atoms with Gasteiger partial charge in [0.15, 0.2) is 0 Å². The first-order chi connectivity index (χ1) is 5.22. The Morgan fingerprint density at radius 3 is 2.55 bits per heavy atom. The third-order valence-corrected chi connectivity index (χ3v) is 1.56. The summed E-state index contributed by atoms with van der Waals surface area (Å²) in [7, 11) is 0. The van der Waals surface area contributed by atoms with E-state index in [0.29, 0.717) is 13.2 Å². The number of rotatable bonds is 6. The van der Waals surface area contributed by atoms with E-state index in [1.165, 1.54) is 0 Å². The summed E-state index contributed by atoms with van der Waals surface area (Å²) in [5.41, 5.74) is 5.11. The fourth-order valence-corrected chi connectivity index (χ4v) is 0.771. The number of carbonyl (C=O) groups excluding carboxylic acids is 1. The van der Waals surface area contributed by atoms with Crippen molar-refractivity contribution in [1.82, 2.24) is 0 Å². The third kappa shape index (κ3) is 4.79. The highest BCUT2D eigenvalue weighted by Gasteiger charge is 2.11. The van der Waals surface area contributed by atoms with Crippen LogP contribution in [0, 0.1) is 5.92 Å². The fraction of sp³-hybridized carbons (Fsp3) is 0.875. The lowest BCUT2D eigenvalue weighted by Gasteiger charge is -2.09. The first-order valence-electron chi connectivity index (χ1n) is 4.09. The lowest BCUT2D eigenvalue weighted by Crippen LogP contribution is -2.26. The van der Waals surface area contributed by atoms with Gasteiger partial charge >= 0.3 is 0 Å². The lowest BCUT2D eigenvalue weighted by molar-refractivity contribution is -0.123. The maximum Gasteiger partial charge on any atom is 0.222 e. The average molecular weight is 159 g/mol. The normalized spacial score (nSPS) is 12.9. The molecule has 0 saturated carbocycles. The zero-order valence-electron chi connectivity index (χ0n) is 7.30. The van der Waals surface area contributed by atoms with E-state index in [9.17, 15) is 4.79 Å². The van der Waals surface area contributed by atoms with Crippen LogP contribution in [0.15, 0.2) is 0 Å². The number of hydrogen-bond acceptors (Lipinski definition) is 2. The third-order valence-electron chi connectivity index (χ3n) is 1.56. The van der Waals surface area contributed by atoms with Gasteiger partial charge in [-0.2, -0.15) is 0 Å². The van der Waals surface area contributed by atoms with E-state index in [1.54, 1.807) is 0 Å². The first kappa shape index (κ1) is 10.4. The Hall–Kier alpha value is -0.570. The van der Waals surface area contributed by atoms with Crippen molar-refractivity contribution in [3.05, 3.63) is 0 Å². The molecule has 0 radical (unpaired) electrons. The highest BCUT2D eigenvalue weighted by molar-refractivity contribution is 5.76. The molecule has 0 rings (SSSR count). The SMILES string of the molecule is CCCOC[C@H](CC)C(N)=O. The lowest BCUT2D eigenvalue weighted by atomic mass is 10.1. The van der Waals surface area contributed by atoms with Gasteiger partial charge in [-0.15, -0.1) is 0 Å². The van der Waals surface area contributed by atoms with E-state index in [-0.39, 0.29) is 11.8 Å². The van der Waals surface area contributed by atoms with Crippen molar-refractivity contribution in [2.75, 3.05) is 13.2 Å². The molecule has 0 unspecified atom stereocenters. The molecule has 0 bridgehead atoms. The number of ether oxygens (including phenoxy) is 1. The predicted octanol–water partition coefficient (Wildman–Crippen LogP) is 0.924. The van der Waals surface area contributed by atoms with E-state index in [1.807, 2.05) is 13.8 Å². The van der Waals surface area contributed by atoms with Crippen molar-refractivity contribution < 1.29 is 9.53 Å². The molecule has 1 atom stereocenters. The Kier molecular flexibility index (Phi) is 5.84. The van der Waals surface area contributed by atoms with E-state index in [0.717, 1.165) is 12.8 Å². The number of carbonyl (C=O) groups is 1. The Balaban J connectivity index is 3.44. The minimum absolute atomic E-state index is 0.110. The van der Waals surface area contributed by atoms with Crippen LogP contribution in [0.1, 0.15) is 26.7 Å². The van der Waals surface area contributed by atoms with Crippen molar-refractivity contribution in [2.45, 2.75) is 26.7 Å². The molecule has 0 aromatic heterocycles. The largest absolute Gasteiger partial charge is 0.381 e. The Bertz CT molecular complexity index is 115. The van der Waals surface area contributed by atoms with Crippen LogP contribution in [0.4, 0.5) is 0 Å². The van der Waals surface area contributed by atoms with Crippen LogP contribution in [0.3, 0.4) is 0 Å².